The lowest BCUT2D eigenvalue weighted by atomic mass is 9.79. The molecule has 0 fully saturated rings. The lowest BCUT2D eigenvalue weighted by molar-refractivity contribution is 0.394. The van der Waals surface area contributed by atoms with Crippen LogP contribution in [-0.2, 0) is 43.3 Å². The molecule has 0 radical (unpaired) electrons. The van der Waals surface area contributed by atoms with Gasteiger partial charge in [0.2, 0.25) is 0 Å². The highest BCUT2D eigenvalue weighted by atomic mass is 79.9. The second-order valence-corrected chi connectivity index (χ2v) is 45.7. The van der Waals surface area contributed by atoms with Crippen molar-refractivity contribution in [1.29, 1.82) is 0 Å². The molecule has 0 unspecified atom stereocenters. The monoisotopic (exact) mass is 2030 g/mol. The second-order valence-electron chi connectivity index (χ2n) is 38.4. The molecule has 16 heteroatoms. The SMILES string of the molecule is COc1c2cc(C(C)(C)C)cc1C(Br)c1cc(C(C)(C)C)cc(c1OC)C(Br)c1cc(C(C)(C)C)cc(c1OC)C(Br)c1cc(C(C)(C)C)cc(c1OC)C(Br)c1cc(C(C)(C)C)cc(c1OC)C(Br)c1cc(C(C)(C)C)cc(c1OC)C(Br)c1cc(C(C)(C)C)cc(c1OC)C(Br)c1cc(C(C)(C)C)cc(c1OC)C2Br. The van der Waals surface area contributed by atoms with E-state index in [0.717, 1.165) is 134 Å². The Kier molecular flexibility index (Phi) is 27.9. The van der Waals surface area contributed by atoms with Gasteiger partial charge in [0.25, 0.3) is 0 Å². The number of hydrogen-bond acceptors (Lipinski definition) is 8. The fourth-order valence-corrected chi connectivity index (χ4v) is 20.5. The molecule has 0 amide bonds. The van der Waals surface area contributed by atoms with Crippen molar-refractivity contribution in [2.75, 3.05) is 56.9 Å². The molecule has 0 spiro atoms. The van der Waals surface area contributed by atoms with E-state index in [-0.39, 0.29) is 43.3 Å². The van der Waals surface area contributed by atoms with E-state index in [2.05, 4.69) is 391 Å². The number of rotatable bonds is 8. The van der Waals surface area contributed by atoms with E-state index in [0.29, 0.717) is 46.0 Å². The highest BCUT2D eigenvalue weighted by molar-refractivity contribution is 9.10. The molecule has 8 aromatic carbocycles. The van der Waals surface area contributed by atoms with Crippen LogP contribution in [0.3, 0.4) is 0 Å². The van der Waals surface area contributed by atoms with Crippen molar-refractivity contribution in [2.24, 2.45) is 0 Å². The van der Waals surface area contributed by atoms with Gasteiger partial charge in [0.05, 0.1) is 95.5 Å². The summed E-state index contributed by atoms with van der Waals surface area (Å²) < 4.78 is 55.2. The van der Waals surface area contributed by atoms with E-state index in [1.165, 1.54) is 0 Å². The van der Waals surface area contributed by atoms with Crippen molar-refractivity contribution >= 4 is 127 Å². The Bertz CT molecular complexity index is 3720. The van der Waals surface area contributed by atoms with Crippen molar-refractivity contribution in [1.82, 2.24) is 0 Å². The topological polar surface area (TPSA) is 73.8 Å². The van der Waals surface area contributed by atoms with Gasteiger partial charge in [0.1, 0.15) is 46.0 Å². The molecule has 0 atom stereocenters. The van der Waals surface area contributed by atoms with Gasteiger partial charge in [-0.1, -0.05) is 391 Å². The number of alkyl halides is 8. The van der Waals surface area contributed by atoms with Crippen molar-refractivity contribution in [3.63, 3.8) is 0 Å². The first kappa shape index (κ1) is 91.9. The van der Waals surface area contributed by atoms with Crippen LogP contribution < -0.4 is 37.9 Å². The zero-order valence-electron chi connectivity index (χ0n) is 72.1. The Morgan fingerprint density at radius 1 is 0.152 bits per heavy atom. The van der Waals surface area contributed by atoms with Crippen molar-refractivity contribution < 1.29 is 37.9 Å². The third-order valence-electron chi connectivity index (χ3n) is 22.1. The molecule has 0 aromatic heterocycles. The van der Waals surface area contributed by atoms with Crippen LogP contribution in [0.15, 0.2) is 97.1 Å². The van der Waals surface area contributed by atoms with Gasteiger partial charge < -0.3 is 37.9 Å². The van der Waals surface area contributed by atoms with Gasteiger partial charge in [-0.25, -0.2) is 0 Å². The standard InChI is InChI=1S/C96H120Br8O8/c1-89(2,3)49-33-57-73(97)59-35-50(90(4,5)6)37-61(82(59)106-26)75(99)63-39-52(92(10,11)12)41-65(84(63)108-28)77(101)67-43-54(94(16,17)18)45-69(86(67)110-30)79(103)71-47-56(96(22,23)24)48-72(88(71)112-32)80(104)70-46-55(95(19,20)21)44-68(87(70)111-31)78(102)66-42-53(93(13,14)15)40-64(85(66)109-29)76(100)62-38-51(91(7,8)9)36-60(83(62)107-27)74(98)58(34-49)81(57)105-25/h33-48,73-80H,1-32H3. The molecule has 0 N–H and O–H groups in total. The zero-order valence-corrected chi connectivity index (χ0v) is 84.8. The molecule has 0 heterocycles. The Balaban J connectivity index is 1.51. The van der Waals surface area contributed by atoms with Crippen molar-refractivity contribution in [3.05, 3.63) is 231 Å². The fourth-order valence-electron chi connectivity index (χ4n) is 15.1. The number of methoxy groups -OCH3 is 8. The zero-order chi connectivity index (χ0) is 84.1. The number of hydrogen-bond donors (Lipinski definition) is 0. The highest BCUT2D eigenvalue weighted by Gasteiger charge is 2.41. The number of fused-ring (bicyclic) bond motifs is 16. The average molecular weight is 2040 g/mol. The molecule has 1 aliphatic carbocycles. The van der Waals surface area contributed by atoms with Crippen LogP contribution in [0.2, 0.25) is 0 Å². The quantitative estimate of drug-likeness (QED) is 0.139. The maximum Gasteiger partial charge on any atom is 0.128 e. The first-order valence-electron chi connectivity index (χ1n) is 38.5. The smallest absolute Gasteiger partial charge is 0.128 e. The van der Waals surface area contributed by atoms with Gasteiger partial charge in [-0.2, -0.15) is 0 Å². The third-order valence-corrected chi connectivity index (χ3v) is 30.0. The molecule has 8 nitrogen and oxygen atoms in total. The van der Waals surface area contributed by atoms with Crippen LogP contribution in [0.25, 0.3) is 0 Å². The van der Waals surface area contributed by atoms with Gasteiger partial charge in [-0.05, 0) is 87.8 Å². The number of ether oxygens (including phenoxy) is 8. The molecular formula is C96H120Br8O8. The maximum atomic E-state index is 6.90. The van der Waals surface area contributed by atoms with Gasteiger partial charge in [0.15, 0.2) is 0 Å². The van der Waals surface area contributed by atoms with E-state index in [9.17, 15) is 0 Å². The summed E-state index contributed by atoms with van der Waals surface area (Å²) >= 11 is 35.8. The summed E-state index contributed by atoms with van der Waals surface area (Å²) in [5.74, 6) is 5.71. The van der Waals surface area contributed by atoms with Crippen LogP contribution in [0.4, 0.5) is 0 Å². The minimum atomic E-state index is -0.473. The van der Waals surface area contributed by atoms with E-state index in [1.807, 2.05) is 0 Å². The minimum absolute atomic E-state index is 0.322. The lowest BCUT2D eigenvalue weighted by Crippen LogP contribution is -2.18. The highest BCUT2D eigenvalue weighted by Crippen LogP contribution is 2.60. The fraction of sp³-hybridized carbons (Fsp3) is 0.500. The summed E-state index contributed by atoms with van der Waals surface area (Å²) in [6.45, 7) is 54.5. The molecule has 9 rings (SSSR count). The van der Waals surface area contributed by atoms with Gasteiger partial charge in [-0.3, -0.25) is 0 Å². The van der Waals surface area contributed by atoms with Gasteiger partial charge in [0, 0.05) is 89.0 Å². The predicted molar refractivity (Wildman–Crippen MR) is 500 cm³/mol. The summed E-state index contributed by atoms with van der Waals surface area (Å²) in [7, 11) is 14.3. The Hall–Kier alpha value is -4.00. The molecule has 0 saturated carbocycles. The molecule has 0 aliphatic heterocycles. The van der Waals surface area contributed by atoms with Crippen molar-refractivity contribution in [3.8, 4) is 46.0 Å². The largest absolute Gasteiger partial charge is 0.496 e. The third kappa shape index (κ3) is 18.4. The summed E-state index contributed by atoms with van der Waals surface area (Å²) in [4.78, 5) is -3.78. The molecule has 8 aromatic rings. The minimum Gasteiger partial charge on any atom is -0.496 e. The summed E-state index contributed by atoms with van der Waals surface area (Å²) in [6.07, 6.45) is 0. The molecule has 1 aliphatic rings. The van der Waals surface area contributed by atoms with E-state index >= 15 is 0 Å². The van der Waals surface area contributed by atoms with Crippen LogP contribution >= 0.6 is 127 Å². The Morgan fingerprint density at radius 3 is 0.259 bits per heavy atom. The average Bonchev–Trinajstić information content (AvgIpc) is 0.747. The number of halogens is 8. The second kappa shape index (κ2) is 34.0. The first-order chi connectivity index (χ1) is 51.6. The summed E-state index contributed by atoms with van der Waals surface area (Å²) in [6, 6.07) is 36.9. The summed E-state index contributed by atoms with van der Waals surface area (Å²) in [5, 5.41) is 0. The Morgan fingerprint density at radius 2 is 0.214 bits per heavy atom. The van der Waals surface area contributed by atoms with Crippen LogP contribution in [0, 0.1) is 0 Å². The van der Waals surface area contributed by atoms with Gasteiger partial charge >= 0.3 is 0 Å². The summed E-state index contributed by atoms with van der Waals surface area (Å²) in [5.41, 5.74) is 21.3. The van der Waals surface area contributed by atoms with E-state index in [4.69, 9.17) is 37.9 Å². The van der Waals surface area contributed by atoms with Crippen molar-refractivity contribution in [2.45, 2.75) is 248 Å². The molecule has 608 valence electrons. The van der Waals surface area contributed by atoms with Crippen LogP contribution in [0.1, 0.15) is 338 Å². The van der Waals surface area contributed by atoms with E-state index in [1.54, 1.807) is 56.9 Å². The number of benzene rings is 8. The molecule has 0 saturated heterocycles. The molecular weight excluding hydrogens is 1920 g/mol. The van der Waals surface area contributed by atoms with E-state index < -0.39 is 38.6 Å². The van der Waals surface area contributed by atoms with Gasteiger partial charge in [-0.15, -0.1) is 0 Å². The predicted octanol–water partition coefficient (Wildman–Crippen LogP) is 30.3. The first-order valence-corrected chi connectivity index (χ1v) is 45.8. The molecule has 16 bridgehead atoms. The Labute approximate surface area is 739 Å². The normalized spacial score (nSPS) is 19.1. The molecule has 112 heavy (non-hydrogen) atoms. The lowest BCUT2D eigenvalue weighted by Gasteiger charge is -2.32. The van der Waals surface area contributed by atoms with Crippen LogP contribution in [0.5, 0.6) is 46.0 Å². The van der Waals surface area contributed by atoms with Crippen LogP contribution in [-0.4, -0.2) is 56.9 Å². The maximum absolute atomic E-state index is 6.90.